The summed E-state index contributed by atoms with van der Waals surface area (Å²) in [6, 6.07) is 4.38. The zero-order chi connectivity index (χ0) is 13.5. The Morgan fingerprint density at radius 2 is 2.06 bits per heavy atom. The van der Waals surface area contributed by atoms with Crippen LogP contribution in [-0.4, -0.2) is 9.78 Å². The van der Waals surface area contributed by atoms with E-state index in [4.69, 9.17) is 5.73 Å². The minimum atomic E-state index is 0.211. The van der Waals surface area contributed by atoms with Crippen molar-refractivity contribution in [2.24, 2.45) is 0 Å². The molecule has 0 aliphatic heterocycles. The molecule has 2 heterocycles. The maximum Gasteiger partial charge on any atom is 0.135 e. The van der Waals surface area contributed by atoms with Crippen molar-refractivity contribution in [1.82, 2.24) is 9.78 Å². The molecule has 2 aromatic heterocycles. The molecule has 0 aliphatic rings. The van der Waals surface area contributed by atoms with E-state index in [-0.39, 0.29) is 5.41 Å². The third kappa shape index (κ3) is 2.71. The van der Waals surface area contributed by atoms with Gasteiger partial charge in [-0.05, 0) is 47.1 Å². The normalized spacial score (nSPS) is 12.1. The lowest BCUT2D eigenvalue weighted by molar-refractivity contribution is 0.604. The van der Waals surface area contributed by atoms with Crippen molar-refractivity contribution in [2.75, 3.05) is 5.73 Å². The molecule has 3 nitrogen and oxygen atoms in total. The Labute approximate surface area is 126 Å². The van der Waals surface area contributed by atoms with E-state index in [9.17, 15) is 0 Å². The Balaban J connectivity index is 2.24. The van der Waals surface area contributed by atoms with Crippen LogP contribution in [0, 0.1) is 10.5 Å². The number of halogens is 1. The van der Waals surface area contributed by atoms with E-state index < -0.39 is 0 Å². The lowest BCUT2D eigenvalue weighted by Crippen LogP contribution is -2.08. The van der Waals surface area contributed by atoms with E-state index in [2.05, 4.69) is 60.6 Å². The van der Waals surface area contributed by atoms with E-state index in [0.717, 1.165) is 21.6 Å². The Morgan fingerprint density at radius 1 is 1.39 bits per heavy atom. The molecule has 5 heteroatoms. The minimum Gasteiger partial charge on any atom is -0.383 e. The first-order chi connectivity index (χ1) is 8.29. The number of aryl methyl sites for hydroxylation is 1. The van der Waals surface area contributed by atoms with Crippen molar-refractivity contribution >= 4 is 39.7 Å². The van der Waals surface area contributed by atoms with Crippen LogP contribution in [-0.2, 0) is 12.0 Å². The number of hydrogen-bond donors (Lipinski definition) is 1. The second-order valence-electron chi connectivity index (χ2n) is 5.46. The van der Waals surface area contributed by atoms with Gasteiger partial charge in [0.1, 0.15) is 5.82 Å². The summed E-state index contributed by atoms with van der Waals surface area (Å²) >= 11 is 4.09. The first kappa shape index (κ1) is 13.9. The number of aromatic nitrogens is 2. The van der Waals surface area contributed by atoms with E-state index in [1.54, 1.807) is 0 Å². The fourth-order valence-corrected chi connectivity index (χ4v) is 3.15. The molecule has 0 saturated heterocycles. The smallest absolute Gasteiger partial charge is 0.135 e. The SMILES string of the molecule is Cc1nn(Cc2ccc(C(C)(C)C)s2)c(N)c1I. The number of nitrogens with two attached hydrogens (primary N) is 1. The predicted octanol–water partition coefficient (Wildman–Crippen LogP) is 3.79. The topological polar surface area (TPSA) is 43.8 Å². The van der Waals surface area contributed by atoms with Crippen LogP contribution < -0.4 is 5.73 Å². The van der Waals surface area contributed by atoms with Gasteiger partial charge < -0.3 is 5.73 Å². The van der Waals surface area contributed by atoms with Crippen LogP contribution in [0.3, 0.4) is 0 Å². The molecule has 0 aromatic carbocycles. The summed E-state index contributed by atoms with van der Waals surface area (Å²) in [5.74, 6) is 0.763. The number of nitrogen functional groups attached to an aromatic ring is 1. The summed E-state index contributed by atoms with van der Waals surface area (Å²) in [6.07, 6.45) is 0. The average molecular weight is 375 g/mol. The van der Waals surface area contributed by atoms with Gasteiger partial charge in [0.05, 0.1) is 15.8 Å². The molecular formula is C13H18IN3S. The van der Waals surface area contributed by atoms with Crippen molar-refractivity contribution in [1.29, 1.82) is 0 Å². The second-order valence-corrected chi connectivity index (χ2v) is 7.71. The van der Waals surface area contributed by atoms with Crippen molar-refractivity contribution in [2.45, 2.75) is 39.7 Å². The van der Waals surface area contributed by atoms with Gasteiger partial charge in [0, 0.05) is 9.75 Å². The highest BCUT2D eigenvalue weighted by atomic mass is 127. The Kier molecular flexibility index (Phi) is 3.73. The highest BCUT2D eigenvalue weighted by Gasteiger charge is 2.17. The molecule has 0 unspecified atom stereocenters. The summed E-state index contributed by atoms with van der Waals surface area (Å²) < 4.78 is 2.94. The maximum absolute atomic E-state index is 6.04. The fourth-order valence-electron chi connectivity index (χ4n) is 1.71. The fraction of sp³-hybridized carbons (Fsp3) is 0.462. The standard InChI is InChI=1S/C13H18IN3S/c1-8-11(14)12(15)17(16-8)7-9-5-6-10(18-9)13(2,3)4/h5-6H,7,15H2,1-4H3. The lowest BCUT2D eigenvalue weighted by atomic mass is 9.95. The van der Waals surface area contributed by atoms with Gasteiger partial charge in [-0.25, -0.2) is 4.68 Å². The lowest BCUT2D eigenvalue weighted by Gasteiger charge is -2.15. The van der Waals surface area contributed by atoms with Crippen LogP contribution in [0.5, 0.6) is 0 Å². The summed E-state index contributed by atoms with van der Waals surface area (Å²) in [5, 5.41) is 4.47. The third-order valence-corrected chi connectivity index (χ3v) is 5.63. The summed E-state index contributed by atoms with van der Waals surface area (Å²) in [4.78, 5) is 2.69. The highest BCUT2D eigenvalue weighted by Crippen LogP contribution is 2.30. The predicted molar refractivity (Wildman–Crippen MR) is 86.2 cm³/mol. The highest BCUT2D eigenvalue weighted by molar-refractivity contribution is 14.1. The second kappa shape index (κ2) is 4.85. The average Bonchev–Trinajstić information content (AvgIpc) is 2.81. The van der Waals surface area contributed by atoms with E-state index in [1.807, 2.05) is 22.9 Å². The number of thiophene rings is 1. The monoisotopic (exact) mass is 375 g/mol. The van der Waals surface area contributed by atoms with Gasteiger partial charge in [0.2, 0.25) is 0 Å². The maximum atomic E-state index is 6.04. The van der Waals surface area contributed by atoms with Crippen LogP contribution in [0.1, 0.15) is 36.2 Å². The molecule has 0 bridgehead atoms. The zero-order valence-corrected chi connectivity index (χ0v) is 14.1. The summed E-state index contributed by atoms with van der Waals surface area (Å²) in [7, 11) is 0. The van der Waals surface area contributed by atoms with Crippen LogP contribution in [0.4, 0.5) is 5.82 Å². The molecule has 18 heavy (non-hydrogen) atoms. The first-order valence-corrected chi connectivity index (χ1v) is 7.76. The van der Waals surface area contributed by atoms with E-state index in [0.29, 0.717) is 0 Å². The molecule has 0 radical (unpaired) electrons. The molecular weight excluding hydrogens is 357 g/mol. The quantitative estimate of drug-likeness (QED) is 0.812. The van der Waals surface area contributed by atoms with Crippen LogP contribution in [0.15, 0.2) is 12.1 Å². The molecule has 0 atom stereocenters. The van der Waals surface area contributed by atoms with Crippen molar-refractivity contribution in [3.8, 4) is 0 Å². The number of nitrogens with zero attached hydrogens (tertiary/aromatic N) is 2. The Hall–Kier alpha value is -0.560. The number of hydrogen-bond acceptors (Lipinski definition) is 3. The van der Waals surface area contributed by atoms with Crippen LogP contribution in [0.25, 0.3) is 0 Å². The van der Waals surface area contributed by atoms with Crippen LogP contribution >= 0.6 is 33.9 Å². The number of rotatable bonds is 2. The van der Waals surface area contributed by atoms with Crippen LogP contribution in [0.2, 0.25) is 0 Å². The molecule has 0 fully saturated rings. The van der Waals surface area contributed by atoms with Gasteiger partial charge >= 0.3 is 0 Å². The van der Waals surface area contributed by atoms with Gasteiger partial charge in [-0.1, -0.05) is 20.8 Å². The third-order valence-electron chi connectivity index (χ3n) is 2.80. The van der Waals surface area contributed by atoms with Crippen molar-refractivity contribution in [3.05, 3.63) is 31.2 Å². The van der Waals surface area contributed by atoms with Crippen molar-refractivity contribution < 1.29 is 0 Å². The van der Waals surface area contributed by atoms with Crippen molar-refractivity contribution in [3.63, 3.8) is 0 Å². The molecule has 2 rings (SSSR count). The number of anilines is 1. The van der Waals surface area contributed by atoms with Gasteiger partial charge in [0.25, 0.3) is 0 Å². The van der Waals surface area contributed by atoms with E-state index >= 15 is 0 Å². The molecule has 2 N–H and O–H groups in total. The Bertz CT molecular complexity index is 563. The first-order valence-electron chi connectivity index (χ1n) is 5.86. The molecule has 0 amide bonds. The molecule has 0 saturated carbocycles. The Morgan fingerprint density at radius 3 is 2.50 bits per heavy atom. The molecule has 0 spiro atoms. The summed E-state index contributed by atoms with van der Waals surface area (Å²) in [5.41, 5.74) is 7.25. The van der Waals surface area contributed by atoms with Gasteiger partial charge in [-0.2, -0.15) is 5.10 Å². The minimum absolute atomic E-state index is 0.211. The van der Waals surface area contributed by atoms with Gasteiger partial charge in [-0.3, -0.25) is 0 Å². The van der Waals surface area contributed by atoms with Gasteiger partial charge in [-0.15, -0.1) is 11.3 Å². The molecule has 0 aliphatic carbocycles. The summed E-state index contributed by atoms with van der Waals surface area (Å²) in [6.45, 7) is 9.45. The van der Waals surface area contributed by atoms with Gasteiger partial charge in [0.15, 0.2) is 0 Å². The molecule has 2 aromatic rings. The molecule has 98 valence electrons. The van der Waals surface area contributed by atoms with E-state index in [1.165, 1.54) is 9.75 Å². The zero-order valence-electron chi connectivity index (χ0n) is 11.1. The largest absolute Gasteiger partial charge is 0.383 e.